The number of rotatable bonds is 7. The zero-order chi connectivity index (χ0) is 24.5. The zero-order valence-corrected chi connectivity index (χ0v) is 20.8. The summed E-state index contributed by atoms with van der Waals surface area (Å²) in [6, 6.07) is 16.8. The molecule has 0 bridgehead atoms. The highest BCUT2D eigenvalue weighted by molar-refractivity contribution is 7.13. The molecule has 0 saturated heterocycles. The van der Waals surface area contributed by atoms with Crippen LogP contribution in [0.5, 0.6) is 0 Å². The van der Waals surface area contributed by atoms with Gasteiger partial charge in [-0.2, -0.15) is 5.10 Å². The van der Waals surface area contributed by atoms with E-state index in [1.807, 2.05) is 24.5 Å². The molecule has 0 spiro atoms. The fourth-order valence-corrected chi connectivity index (χ4v) is 5.39. The van der Waals surface area contributed by atoms with Gasteiger partial charge in [0.2, 0.25) is 0 Å². The lowest BCUT2D eigenvalue weighted by Gasteiger charge is -2.21. The predicted molar refractivity (Wildman–Crippen MR) is 150 cm³/mol. The van der Waals surface area contributed by atoms with E-state index in [4.69, 9.17) is 4.98 Å². The molecule has 5 heterocycles. The Balaban J connectivity index is 1.32. The Bertz CT molecular complexity index is 1600. The van der Waals surface area contributed by atoms with Gasteiger partial charge in [-0.25, -0.2) is 4.98 Å². The van der Waals surface area contributed by atoms with Gasteiger partial charge >= 0.3 is 0 Å². The second-order valence-electron chi connectivity index (χ2n) is 8.86. The van der Waals surface area contributed by atoms with Gasteiger partial charge in [0.1, 0.15) is 11.2 Å². The van der Waals surface area contributed by atoms with Crippen molar-refractivity contribution in [3.63, 3.8) is 0 Å². The van der Waals surface area contributed by atoms with Crippen LogP contribution in [0, 0.1) is 0 Å². The molecular formula is C29H26N6S. The molecule has 0 atom stereocenters. The highest BCUT2D eigenvalue weighted by Crippen LogP contribution is 2.37. The number of pyridine rings is 2. The van der Waals surface area contributed by atoms with Gasteiger partial charge in [-0.15, -0.1) is 11.3 Å². The molecule has 6 nitrogen and oxygen atoms in total. The van der Waals surface area contributed by atoms with Crippen LogP contribution in [0.3, 0.4) is 0 Å². The third kappa shape index (κ3) is 4.18. The van der Waals surface area contributed by atoms with Crippen molar-refractivity contribution in [3.05, 3.63) is 95.9 Å². The average Bonchev–Trinajstić information content (AvgIpc) is 3.58. The number of benzene rings is 1. The Morgan fingerprint density at radius 2 is 2.08 bits per heavy atom. The first-order chi connectivity index (χ1) is 17.7. The number of H-pyrrole nitrogens is 1. The lowest BCUT2D eigenvalue weighted by Crippen LogP contribution is -2.09. The predicted octanol–water partition coefficient (Wildman–Crippen LogP) is 7.48. The Labute approximate surface area is 213 Å². The van der Waals surface area contributed by atoms with E-state index in [-0.39, 0.29) is 0 Å². The van der Waals surface area contributed by atoms with Crippen molar-refractivity contribution in [2.45, 2.75) is 26.2 Å². The third-order valence-electron chi connectivity index (χ3n) is 6.31. The first-order valence-electron chi connectivity index (χ1n) is 12.1. The first kappa shape index (κ1) is 22.2. The van der Waals surface area contributed by atoms with Crippen LogP contribution in [0.4, 0.5) is 11.4 Å². The second-order valence-corrected chi connectivity index (χ2v) is 9.81. The molecule has 4 aromatic heterocycles. The van der Waals surface area contributed by atoms with Gasteiger partial charge in [0.15, 0.2) is 0 Å². The van der Waals surface area contributed by atoms with E-state index in [1.54, 1.807) is 11.3 Å². The smallest absolute Gasteiger partial charge is 0.134 e. The number of nitrogens with zero attached hydrogens (tertiary/aromatic N) is 3. The van der Waals surface area contributed by atoms with E-state index in [0.717, 1.165) is 70.0 Å². The van der Waals surface area contributed by atoms with Crippen molar-refractivity contribution in [2.24, 2.45) is 0 Å². The minimum Gasteiger partial charge on any atom is -0.358 e. The monoisotopic (exact) mass is 490 g/mol. The molecule has 0 amide bonds. The van der Waals surface area contributed by atoms with Crippen LogP contribution in [0.25, 0.3) is 38.4 Å². The van der Waals surface area contributed by atoms with Crippen molar-refractivity contribution in [3.8, 4) is 21.7 Å². The van der Waals surface area contributed by atoms with Gasteiger partial charge in [-0.1, -0.05) is 44.2 Å². The summed E-state index contributed by atoms with van der Waals surface area (Å²) in [6.07, 6.45) is 8.65. The second kappa shape index (κ2) is 9.43. The van der Waals surface area contributed by atoms with E-state index in [2.05, 4.69) is 87.2 Å². The van der Waals surface area contributed by atoms with E-state index in [9.17, 15) is 0 Å². The summed E-state index contributed by atoms with van der Waals surface area (Å²) in [5, 5.41) is 16.8. The normalized spacial score (nSPS) is 12.6. The van der Waals surface area contributed by atoms with Gasteiger partial charge in [0, 0.05) is 28.0 Å². The SMILES string of the molecule is C=C(CCC)Nc1cncc(-c2ccc3[nH]nc(C4=CCc5c(cccc5-c5cccs5)N4)c3n2)c1. The minimum absolute atomic E-state index is 0.817. The maximum Gasteiger partial charge on any atom is 0.134 e. The summed E-state index contributed by atoms with van der Waals surface area (Å²) in [6.45, 7) is 6.24. The van der Waals surface area contributed by atoms with Crippen LogP contribution in [0.2, 0.25) is 0 Å². The molecule has 6 rings (SSSR count). The van der Waals surface area contributed by atoms with Crippen LogP contribution in [0.1, 0.15) is 31.0 Å². The number of allylic oxidation sites excluding steroid dienone is 2. The molecule has 7 heteroatoms. The molecule has 0 radical (unpaired) electrons. The maximum absolute atomic E-state index is 4.99. The molecule has 0 fully saturated rings. The van der Waals surface area contributed by atoms with E-state index in [1.165, 1.54) is 16.0 Å². The number of aromatic nitrogens is 4. The molecule has 0 saturated carbocycles. The molecule has 1 aromatic carbocycles. The number of nitrogens with one attached hydrogen (secondary N) is 3. The topological polar surface area (TPSA) is 78.5 Å². The summed E-state index contributed by atoms with van der Waals surface area (Å²) in [7, 11) is 0. The number of anilines is 2. The maximum atomic E-state index is 4.99. The summed E-state index contributed by atoms with van der Waals surface area (Å²) in [5.41, 5.74) is 10.9. The minimum atomic E-state index is 0.817. The number of thiophene rings is 1. The van der Waals surface area contributed by atoms with Gasteiger partial charge in [0.05, 0.1) is 28.8 Å². The van der Waals surface area contributed by atoms with Gasteiger partial charge in [0.25, 0.3) is 0 Å². The number of hydrogen-bond acceptors (Lipinski definition) is 6. The molecule has 5 aromatic rings. The lowest BCUT2D eigenvalue weighted by molar-refractivity contribution is 0.913. The van der Waals surface area contributed by atoms with Crippen LogP contribution < -0.4 is 10.6 Å². The van der Waals surface area contributed by atoms with Crippen molar-refractivity contribution in [2.75, 3.05) is 10.6 Å². The Kier molecular flexibility index (Phi) is 5.83. The molecule has 3 N–H and O–H groups in total. The molecule has 0 unspecified atom stereocenters. The third-order valence-corrected chi connectivity index (χ3v) is 7.22. The largest absolute Gasteiger partial charge is 0.358 e. The van der Waals surface area contributed by atoms with Crippen LogP contribution in [-0.2, 0) is 6.42 Å². The lowest BCUT2D eigenvalue weighted by atomic mass is 9.97. The van der Waals surface area contributed by atoms with Crippen molar-refractivity contribution >= 4 is 39.4 Å². The van der Waals surface area contributed by atoms with Gasteiger partial charge in [-0.05, 0) is 59.7 Å². The summed E-state index contributed by atoms with van der Waals surface area (Å²) < 4.78 is 0. The summed E-state index contributed by atoms with van der Waals surface area (Å²) in [5.74, 6) is 0. The Morgan fingerprint density at radius 1 is 1.14 bits per heavy atom. The molecule has 1 aliphatic heterocycles. The van der Waals surface area contributed by atoms with E-state index >= 15 is 0 Å². The van der Waals surface area contributed by atoms with Crippen LogP contribution >= 0.6 is 11.3 Å². The molecule has 178 valence electrons. The van der Waals surface area contributed by atoms with Crippen molar-refractivity contribution < 1.29 is 0 Å². The van der Waals surface area contributed by atoms with Crippen molar-refractivity contribution in [1.29, 1.82) is 0 Å². The Hall–Kier alpha value is -4.23. The number of aromatic amines is 1. The van der Waals surface area contributed by atoms with E-state index < -0.39 is 0 Å². The summed E-state index contributed by atoms with van der Waals surface area (Å²) in [4.78, 5) is 10.7. The zero-order valence-electron chi connectivity index (χ0n) is 20.0. The van der Waals surface area contributed by atoms with Crippen LogP contribution in [0.15, 0.2) is 84.7 Å². The van der Waals surface area contributed by atoms with E-state index in [0.29, 0.717) is 0 Å². The van der Waals surface area contributed by atoms with Gasteiger partial charge in [-0.3, -0.25) is 10.1 Å². The highest BCUT2D eigenvalue weighted by atomic mass is 32.1. The molecule has 1 aliphatic rings. The quantitative estimate of drug-likeness (QED) is 0.220. The Morgan fingerprint density at radius 3 is 2.94 bits per heavy atom. The highest BCUT2D eigenvalue weighted by Gasteiger charge is 2.20. The summed E-state index contributed by atoms with van der Waals surface area (Å²) >= 11 is 1.76. The standard InChI is InChI=1S/C29H26N6S/c1-3-6-18(2)31-20-15-19(16-30-17-20)23-12-13-26-28(33-23)29(35-34-26)25-11-10-21-22(27-9-5-14-36-27)7-4-8-24(21)32-25/h4-5,7-9,11-17,31-32H,2-3,6,10H2,1H3,(H,34,35). The number of hydrogen-bond donors (Lipinski definition) is 3. The fraction of sp³-hybridized carbons (Fsp3) is 0.138. The fourth-order valence-electron chi connectivity index (χ4n) is 4.61. The van der Waals surface area contributed by atoms with Crippen molar-refractivity contribution in [1.82, 2.24) is 20.2 Å². The molecule has 36 heavy (non-hydrogen) atoms. The van der Waals surface area contributed by atoms with Gasteiger partial charge < -0.3 is 10.6 Å². The average molecular weight is 491 g/mol. The first-order valence-corrected chi connectivity index (χ1v) is 13.0. The number of fused-ring (bicyclic) bond motifs is 2. The van der Waals surface area contributed by atoms with Crippen LogP contribution in [-0.4, -0.2) is 20.2 Å². The molecule has 0 aliphatic carbocycles. The molecular weight excluding hydrogens is 464 g/mol.